The molecule has 5 rings (SSSR count). The molecule has 0 saturated heterocycles. The van der Waals surface area contributed by atoms with Crippen molar-refractivity contribution < 1.29 is 33.2 Å². The molecule has 4 aromatic rings. The third kappa shape index (κ3) is 6.77. The molecule has 0 bridgehead atoms. The minimum Gasteiger partial charge on any atom is -0.489 e. The van der Waals surface area contributed by atoms with Gasteiger partial charge in [-0.1, -0.05) is 60.7 Å². The van der Waals surface area contributed by atoms with Gasteiger partial charge in [-0.3, -0.25) is 4.79 Å². The van der Waals surface area contributed by atoms with Gasteiger partial charge in [0.25, 0.3) is 0 Å². The molecule has 198 valence electrons. The Labute approximate surface area is 227 Å². The maximum Gasteiger partial charge on any atom is 0.231 e. The Kier molecular flexibility index (Phi) is 8.41. The fourth-order valence-electron chi connectivity index (χ4n) is 3.96. The second-order valence-electron chi connectivity index (χ2n) is 8.70. The van der Waals surface area contributed by atoms with E-state index in [-0.39, 0.29) is 19.4 Å². The van der Waals surface area contributed by atoms with Crippen LogP contribution in [0.1, 0.15) is 27.0 Å². The molecule has 0 N–H and O–H groups in total. The highest BCUT2D eigenvalue weighted by molar-refractivity contribution is 6.09. The minimum atomic E-state index is -0.248. The van der Waals surface area contributed by atoms with E-state index in [2.05, 4.69) is 0 Å². The van der Waals surface area contributed by atoms with Gasteiger partial charge in [-0.25, -0.2) is 0 Å². The zero-order chi connectivity index (χ0) is 26.9. The monoisotopic (exact) mass is 524 g/mol. The lowest BCUT2D eigenvalue weighted by Gasteiger charge is -2.13. The first-order valence-electron chi connectivity index (χ1n) is 12.4. The fraction of sp³-hybridized carbons (Fsp3) is 0.156. The van der Waals surface area contributed by atoms with Crippen LogP contribution in [0.3, 0.4) is 0 Å². The SMILES string of the molecule is COCOc1cc(OCc2ccccc2)ccc1C(=O)C=Cc1cc2c(cc1OCc1ccccc1)OCO2. The van der Waals surface area contributed by atoms with Crippen LogP contribution in [-0.4, -0.2) is 26.5 Å². The first-order chi connectivity index (χ1) is 19.2. The molecule has 0 aromatic heterocycles. The number of methoxy groups -OCH3 is 1. The van der Waals surface area contributed by atoms with Crippen LogP contribution in [0.25, 0.3) is 6.08 Å². The van der Waals surface area contributed by atoms with Gasteiger partial charge in [0.15, 0.2) is 24.1 Å². The largest absolute Gasteiger partial charge is 0.489 e. The van der Waals surface area contributed by atoms with Crippen LogP contribution in [0.4, 0.5) is 0 Å². The van der Waals surface area contributed by atoms with Gasteiger partial charge in [-0.15, -0.1) is 0 Å². The molecule has 7 heteroatoms. The first kappa shape index (κ1) is 25.9. The summed E-state index contributed by atoms with van der Waals surface area (Å²) in [7, 11) is 1.52. The predicted molar refractivity (Wildman–Crippen MR) is 146 cm³/mol. The van der Waals surface area contributed by atoms with E-state index in [0.717, 1.165) is 11.1 Å². The predicted octanol–water partition coefficient (Wildman–Crippen LogP) is 6.45. The van der Waals surface area contributed by atoms with Crippen molar-refractivity contribution in [3.05, 3.63) is 119 Å². The normalized spacial score (nSPS) is 11.9. The van der Waals surface area contributed by atoms with Gasteiger partial charge in [0.1, 0.15) is 30.5 Å². The molecule has 0 fully saturated rings. The zero-order valence-electron chi connectivity index (χ0n) is 21.5. The minimum absolute atomic E-state index is 0.00817. The molecule has 7 nitrogen and oxygen atoms in total. The van der Waals surface area contributed by atoms with Crippen molar-refractivity contribution in [2.75, 3.05) is 20.7 Å². The Morgan fingerprint density at radius 1 is 0.769 bits per heavy atom. The number of fused-ring (bicyclic) bond motifs is 1. The quantitative estimate of drug-likeness (QED) is 0.120. The molecular weight excluding hydrogens is 496 g/mol. The summed E-state index contributed by atoms with van der Waals surface area (Å²) in [5.41, 5.74) is 3.12. The zero-order valence-corrected chi connectivity index (χ0v) is 21.5. The number of carbonyl (C=O) groups is 1. The highest BCUT2D eigenvalue weighted by Gasteiger charge is 2.18. The summed E-state index contributed by atoms with van der Waals surface area (Å²) in [6.45, 7) is 0.895. The topological polar surface area (TPSA) is 72.5 Å². The summed E-state index contributed by atoms with van der Waals surface area (Å²) in [4.78, 5) is 13.3. The highest BCUT2D eigenvalue weighted by Crippen LogP contribution is 2.39. The van der Waals surface area contributed by atoms with E-state index >= 15 is 0 Å². The van der Waals surface area contributed by atoms with E-state index in [9.17, 15) is 4.79 Å². The standard InChI is InChI=1S/C32H28O7/c1-34-21-37-30-17-26(35-19-23-8-4-2-5-9-23)13-14-27(30)28(33)15-12-25-16-31-32(39-22-38-31)18-29(25)36-20-24-10-6-3-7-11-24/h2-18H,19-22H2,1H3. The number of benzene rings is 4. The first-order valence-corrected chi connectivity index (χ1v) is 12.4. The summed E-state index contributed by atoms with van der Waals surface area (Å²) in [6, 6.07) is 28.4. The van der Waals surface area contributed by atoms with E-state index in [1.54, 1.807) is 36.4 Å². The maximum atomic E-state index is 13.3. The van der Waals surface area contributed by atoms with Crippen molar-refractivity contribution in [3.8, 4) is 28.7 Å². The molecule has 1 aliphatic rings. The molecule has 0 atom stereocenters. The second-order valence-corrected chi connectivity index (χ2v) is 8.70. The lowest BCUT2D eigenvalue weighted by Crippen LogP contribution is -2.05. The van der Waals surface area contributed by atoms with Gasteiger partial charge < -0.3 is 28.4 Å². The summed E-state index contributed by atoms with van der Waals surface area (Å²) >= 11 is 0. The average molecular weight is 525 g/mol. The molecular formula is C32H28O7. The Hall–Kier alpha value is -4.75. The molecule has 0 saturated carbocycles. The molecule has 1 aliphatic heterocycles. The van der Waals surface area contributed by atoms with E-state index in [4.69, 9.17) is 28.4 Å². The fourth-order valence-corrected chi connectivity index (χ4v) is 3.96. The number of allylic oxidation sites excluding steroid dienone is 1. The average Bonchev–Trinajstić information content (AvgIpc) is 3.45. The van der Waals surface area contributed by atoms with Gasteiger partial charge >= 0.3 is 0 Å². The summed E-state index contributed by atoms with van der Waals surface area (Å²) < 4.78 is 33.8. The van der Waals surface area contributed by atoms with E-state index in [1.165, 1.54) is 13.2 Å². The summed E-state index contributed by atoms with van der Waals surface area (Å²) in [5, 5.41) is 0. The Balaban J connectivity index is 1.35. The van der Waals surface area contributed by atoms with Crippen molar-refractivity contribution in [2.45, 2.75) is 13.2 Å². The van der Waals surface area contributed by atoms with Gasteiger partial charge in [0.2, 0.25) is 6.79 Å². The van der Waals surface area contributed by atoms with Crippen LogP contribution in [-0.2, 0) is 18.0 Å². The number of rotatable bonds is 12. The van der Waals surface area contributed by atoms with Crippen LogP contribution < -0.4 is 23.7 Å². The van der Waals surface area contributed by atoms with Crippen LogP contribution in [0.5, 0.6) is 28.7 Å². The highest BCUT2D eigenvalue weighted by atomic mass is 16.7. The van der Waals surface area contributed by atoms with Crippen molar-refractivity contribution >= 4 is 11.9 Å². The van der Waals surface area contributed by atoms with Crippen LogP contribution in [0, 0.1) is 0 Å². The molecule has 0 unspecified atom stereocenters. The molecule has 0 spiro atoms. The number of hydrogen-bond acceptors (Lipinski definition) is 7. The molecule has 4 aromatic carbocycles. The van der Waals surface area contributed by atoms with Crippen LogP contribution in [0.15, 0.2) is 97.1 Å². The number of ether oxygens (including phenoxy) is 6. The third-order valence-electron chi connectivity index (χ3n) is 5.96. The lowest BCUT2D eigenvalue weighted by atomic mass is 10.1. The molecule has 0 radical (unpaired) electrons. The number of ketones is 1. The van der Waals surface area contributed by atoms with Gasteiger partial charge in [0.05, 0.1) is 5.56 Å². The molecule has 0 amide bonds. The number of hydrogen-bond donors (Lipinski definition) is 0. The van der Waals surface area contributed by atoms with Gasteiger partial charge in [-0.05, 0) is 41.5 Å². The van der Waals surface area contributed by atoms with Crippen LogP contribution in [0.2, 0.25) is 0 Å². The Bertz CT molecular complexity index is 1430. The van der Waals surface area contributed by atoms with E-state index < -0.39 is 0 Å². The lowest BCUT2D eigenvalue weighted by molar-refractivity contribution is 0.0501. The Morgan fingerprint density at radius 2 is 1.44 bits per heavy atom. The maximum absolute atomic E-state index is 13.3. The Morgan fingerprint density at radius 3 is 2.13 bits per heavy atom. The van der Waals surface area contributed by atoms with Crippen molar-refractivity contribution in [3.63, 3.8) is 0 Å². The van der Waals surface area contributed by atoms with Gasteiger partial charge in [0, 0.05) is 24.8 Å². The summed E-state index contributed by atoms with van der Waals surface area (Å²) in [6.07, 6.45) is 3.18. The van der Waals surface area contributed by atoms with Crippen LogP contribution >= 0.6 is 0 Å². The summed E-state index contributed by atoms with van der Waals surface area (Å²) in [5.74, 6) is 2.47. The van der Waals surface area contributed by atoms with Crippen molar-refractivity contribution in [2.24, 2.45) is 0 Å². The molecule has 39 heavy (non-hydrogen) atoms. The van der Waals surface area contributed by atoms with E-state index in [1.807, 2.05) is 60.7 Å². The molecule has 1 heterocycles. The molecule has 0 aliphatic carbocycles. The van der Waals surface area contributed by atoms with Crippen molar-refractivity contribution in [1.29, 1.82) is 0 Å². The van der Waals surface area contributed by atoms with Gasteiger partial charge in [-0.2, -0.15) is 0 Å². The third-order valence-corrected chi connectivity index (χ3v) is 5.96. The number of carbonyl (C=O) groups excluding carboxylic acids is 1. The smallest absolute Gasteiger partial charge is 0.231 e. The van der Waals surface area contributed by atoms with E-state index in [0.29, 0.717) is 53.1 Å². The second kappa shape index (κ2) is 12.7. The van der Waals surface area contributed by atoms with Crippen molar-refractivity contribution in [1.82, 2.24) is 0 Å².